The van der Waals surface area contributed by atoms with E-state index in [1.807, 2.05) is 0 Å². The van der Waals surface area contributed by atoms with Crippen LogP contribution in [0.3, 0.4) is 0 Å². The van der Waals surface area contributed by atoms with Gasteiger partial charge in [-0.1, -0.05) is 29.5 Å². The number of phenolic OH excluding ortho intramolecular Hbond substituents is 1. The summed E-state index contributed by atoms with van der Waals surface area (Å²) in [5.74, 6) is -0.226. The molecule has 3 aromatic rings. The lowest BCUT2D eigenvalue weighted by atomic mass is 10.2. The van der Waals surface area contributed by atoms with E-state index in [4.69, 9.17) is 4.74 Å². The van der Waals surface area contributed by atoms with Gasteiger partial charge in [0, 0.05) is 19.6 Å². The standard InChI is InChI=1S/C22H28FN3O5S2/c23-18-7-5-17(6-8-18)9-14-31-15-12-25-33(29,30)16-2-10-24-11-13-26-21-19(27)3-1-4-20(21)32-22(26)28/h1,3-8,24-25,27H,2,9-16H2. The molecule has 33 heavy (non-hydrogen) atoms. The molecule has 0 unspecified atom stereocenters. The van der Waals surface area contributed by atoms with E-state index in [1.165, 1.54) is 16.7 Å². The first-order chi connectivity index (χ1) is 15.9. The number of phenols is 1. The molecule has 0 aliphatic rings. The van der Waals surface area contributed by atoms with Crippen molar-refractivity contribution in [2.24, 2.45) is 0 Å². The number of thiazole rings is 1. The zero-order chi connectivity index (χ0) is 23.7. The van der Waals surface area contributed by atoms with Crippen LogP contribution in [0.5, 0.6) is 5.75 Å². The summed E-state index contributed by atoms with van der Waals surface area (Å²) in [6.07, 6.45) is 1.05. The van der Waals surface area contributed by atoms with Crippen LogP contribution in [-0.4, -0.2) is 56.7 Å². The second-order valence-electron chi connectivity index (χ2n) is 7.45. The number of nitrogens with one attached hydrogen (secondary N) is 2. The van der Waals surface area contributed by atoms with E-state index in [-0.39, 0.29) is 35.3 Å². The number of aromatic hydroxyl groups is 1. The molecule has 180 valence electrons. The number of nitrogens with zero attached hydrogens (tertiary/aromatic N) is 1. The molecule has 0 aliphatic carbocycles. The lowest BCUT2D eigenvalue weighted by Crippen LogP contribution is -2.31. The maximum absolute atomic E-state index is 12.9. The summed E-state index contributed by atoms with van der Waals surface area (Å²) < 4.78 is 47.2. The van der Waals surface area contributed by atoms with Crippen LogP contribution >= 0.6 is 11.3 Å². The third-order valence-electron chi connectivity index (χ3n) is 4.96. The third-order valence-corrected chi connectivity index (χ3v) is 7.38. The average molecular weight is 498 g/mol. The third kappa shape index (κ3) is 7.90. The zero-order valence-corrected chi connectivity index (χ0v) is 19.8. The Kier molecular flexibility index (Phi) is 9.39. The predicted molar refractivity (Wildman–Crippen MR) is 128 cm³/mol. The minimum Gasteiger partial charge on any atom is -0.506 e. The number of hydrogen-bond donors (Lipinski definition) is 3. The molecule has 11 heteroatoms. The van der Waals surface area contributed by atoms with Gasteiger partial charge in [0.1, 0.15) is 17.1 Å². The van der Waals surface area contributed by atoms with E-state index in [0.717, 1.165) is 21.6 Å². The molecular weight excluding hydrogens is 469 g/mol. The highest BCUT2D eigenvalue weighted by Gasteiger charge is 2.11. The van der Waals surface area contributed by atoms with Crippen molar-refractivity contribution in [3.8, 4) is 5.75 Å². The van der Waals surface area contributed by atoms with Gasteiger partial charge in [-0.15, -0.1) is 0 Å². The lowest BCUT2D eigenvalue weighted by molar-refractivity contribution is 0.142. The topological polar surface area (TPSA) is 110 Å². The number of para-hydroxylation sites is 1. The molecular formula is C22H28FN3O5S2. The van der Waals surface area contributed by atoms with E-state index in [0.29, 0.717) is 44.6 Å². The number of halogens is 1. The van der Waals surface area contributed by atoms with Gasteiger partial charge in [-0.3, -0.25) is 9.36 Å². The zero-order valence-electron chi connectivity index (χ0n) is 18.1. The molecule has 0 amide bonds. The molecule has 3 N–H and O–H groups in total. The number of sulfonamides is 1. The monoisotopic (exact) mass is 497 g/mol. The van der Waals surface area contributed by atoms with E-state index in [1.54, 1.807) is 30.3 Å². The SMILES string of the molecule is O=c1sc2cccc(O)c2n1CCNCCCS(=O)(=O)NCCOCCc1ccc(F)cc1. The summed E-state index contributed by atoms with van der Waals surface area (Å²) >= 11 is 1.08. The van der Waals surface area contributed by atoms with Crippen LogP contribution in [-0.2, 0) is 27.7 Å². The fourth-order valence-electron chi connectivity index (χ4n) is 3.30. The number of rotatable bonds is 14. The van der Waals surface area contributed by atoms with Crippen molar-refractivity contribution >= 4 is 31.6 Å². The average Bonchev–Trinajstić information content (AvgIpc) is 3.10. The summed E-state index contributed by atoms with van der Waals surface area (Å²) in [7, 11) is -3.40. The summed E-state index contributed by atoms with van der Waals surface area (Å²) in [6.45, 7) is 2.23. The van der Waals surface area contributed by atoms with Gasteiger partial charge in [-0.2, -0.15) is 0 Å². The Labute approximate surface area is 196 Å². The molecule has 0 fully saturated rings. The van der Waals surface area contributed by atoms with Gasteiger partial charge in [0.15, 0.2) is 0 Å². The van der Waals surface area contributed by atoms with Crippen LogP contribution in [0.2, 0.25) is 0 Å². The van der Waals surface area contributed by atoms with Gasteiger partial charge in [0.25, 0.3) is 0 Å². The van der Waals surface area contributed by atoms with Crippen molar-refractivity contribution in [2.45, 2.75) is 19.4 Å². The van der Waals surface area contributed by atoms with Crippen LogP contribution in [0, 0.1) is 5.82 Å². The molecule has 0 radical (unpaired) electrons. The summed E-state index contributed by atoms with van der Waals surface area (Å²) in [6, 6.07) is 11.2. The van der Waals surface area contributed by atoms with Crippen molar-refractivity contribution in [1.29, 1.82) is 0 Å². The maximum Gasteiger partial charge on any atom is 0.308 e. The summed E-state index contributed by atoms with van der Waals surface area (Å²) in [5.41, 5.74) is 1.49. The Bertz CT molecular complexity index is 1190. The largest absolute Gasteiger partial charge is 0.506 e. The molecule has 1 aromatic heterocycles. The van der Waals surface area contributed by atoms with E-state index >= 15 is 0 Å². The van der Waals surface area contributed by atoms with Crippen molar-refractivity contribution in [1.82, 2.24) is 14.6 Å². The van der Waals surface area contributed by atoms with Gasteiger partial charge >= 0.3 is 4.87 Å². The number of hydrogen-bond acceptors (Lipinski definition) is 7. The molecule has 0 atom stereocenters. The molecule has 0 bridgehead atoms. The second kappa shape index (κ2) is 12.2. The Morgan fingerprint density at radius 1 is 1.06 bits per heavy atom. The maximum atomic E-state index is 12.9. The molecule has 1 heterocycles. The van der Waals surface area contributed by atoms with Gasteiger partial charge in [0.2, 0.25) is 10.0 Å². The van der Waals surface area contributed by atoms with Crippen LogP contribution in [0.4, 0.5) is 4.39 Å². The normalized spacial score (nSPS) is 11.9. The Morgan fingerprint density at radius 2 is 1.85 bits per heavy atom. The van der Waals surface area contributed by atoms with E-state index in [9.17, 15) is 22.7 Å². The minimum atomic E-state index is -3.40. The minimum absolute atomic E-state index is 0.0162. The molecule has 8 nitrogen and oxygen atoms in total. The molecule has 0 saturated heterocycles. The Morgan fingerprint density at radius 3 is 2.64 bits per heavy atom. The highest BCUT2D eigenvalue weighted by molar-refractivity contribution is 7.89. The van der Waals surface area contributed by atoms with Gasteiger partial charge in [-0.05, 0) is 49.2 Å². The summed E-state index contributed by atoms with van der Waals surface area (Å²) in [5, 5.41) is 13.1. The molecule has 2 aromatic carbocycles. The number of benzene rings is 2. The first-order valence-electron chi connectivity index (χ1n) is 10.7. The molecule has 3 rings (SSSR count). The second-order valence-corrected chi connectivity index (χ2v) is 10.4. The van der Waals surface area contributed by atoms with Crippen LogP contribution in [0.15, 0.2) is 47.3 Å². The van der Waals surface area contributed by atoms with Crippen molar-refractivity contribution in [2.75, 3.05) is 38.6 Å². The quantitative estimate of drug-likeness (QED) is 0.294. The highest BCUT2D eigenvalue weighted by atomic mass is 32.2. The van der Waals surface area contributed by atoms with E-state index in [2.05, 4.69) is 10.0 Å². The molecule has 0 spiro atoms. The van der Waals surface area contributed by atoms with Gasteiger partial charge in [0.05, 0.1) is 23.7 Å². The summed E-state index contributed by atoms with van der Waals surface area (Å²) in [4.78, 5) is 12.0. The smallest absolute Gasteiger partial charge is 0.308 e. The number of fused-ring (bicyclic) bond motifs is 1. The molecule has 0 saturated carbocycles. The van der Waals surface area contributed by atoms with E-state index < -0.39 is 10.0 Å². The van der Waals surface area contributed by atoms with Crippen LogP contribution < -0.4 is 14.9 Å². The van der Waals surface area contributed by atoms with Crippen LogP contribution in [0.25, 0.3) is 10.2 Å². The van der Waals surface area contributed by atoms with Gasteiger partial charge in [-0.25, -0.2) is 17.5 Å². The van der Waals surface area contributed by atoms with Gasteiger partial charge < -0.3 is 15.2 Å². The van der Waals surface area contributed by atoms with Crippen molar-refractivity contribution in [3.63, 3.8) is 0 Å². The highest BCUT2D eigenvalue weighted by Crippen LogP contribution is 2.25. The van der Waals surface area contributed by atoms with Crippen molar-refractivity contribution in [3.05, 3.63) is 63.5 Å². The predicted octanol–water partition coefficient (Wildman–Crippen LogP) is 2.07. The lowest BCUT2D eigenvalue weighted by Gasteiger charge is -2.09. The first-order valence-corrected chi connectivity index (χ1v) is 13.1. The fourth-order valence-corrected chi connectivity index (χ4v) is 5.30. The van der Waals surface area contributed by atoms with Crippen LogP contribution in [0.1, 0.15) is 12.0 Å². The molecule has 0 aliphatic heterocycles. The Balaban J connectivity index is 1.26. The number of ether oxygens (including phenoxy) is 1. The van der Waals surface area contributed by atoms with Crippen molar-refractivity contribution < 1.29 is 22.7 Å². The number of aromatic nitrogens is 1. The Hall–Kier alpha value is -2.31. The fraction of sp³-hybridized carbons (Fsp3) is 0.409. The first kappa shape index (κ1) is 25.3.